The van der Waals surface area contributed by atoms with E-state index < -0.39 is 0 Å². The van der Waals surface area contributed by atoms with Crippen molar-refractivity contribution >= 4 is 0 Å². The molecule has 1 rings (SSSR count). The number of aromatic nitrogens is 1. The van der Waals surface area contributed by atoms with Crippen LogP contribution in [0.5, 0.6) is 0 Å². The Labute approximate surface area is 74.0 Å². The van der Waals surface area contributed by atoms with Crippen LogP contribution in [-0.4, -0.2) is 12.0 Å². The first-order valence-corrected chi connectivity index (χ1v) is 4.33. The van der Waals surface area contributed by atoms with E-state index in [1.54, 1.807) is 0 Å². The zero-order valence-corrected chi connectivity index (χ0v) is 7.96. The summed E-state index contributed by atoms with van der Waals surface area (Å²) in [5.74, 6) is 0.570. The summed E-state index contributed by atoms with van der Waals surface area (Å²) in [4.78, 5) is 4.33. The molecular weight excluding hydrogens is 148 g/mol. The molecule has 0 unspecified atom stereocenters. The summed E-state index contributed by atoms with van der Waals surface area (Å²) in [5.41, 5.74) is 2.40. The zero-order valence-electron chi connectivity index (χ0n) is 7.96. The number of pyridine rings is 1. The molecule has 1 heterocycles. The van der Waals surface area contributed by atoms with Gasteiger partial charge in [0.05, 0.1) is 5.69 Å². The van der Waals surface area contributed by atoms with Gasteiger partial charge < -0.3 is 5.32 Å². The summed E-state index contributed by atoms with van der Waals surface area (Å²) in [5, 5.41) is 3.07. The quantitative estimate of drug-likeness (QED) is 0.738. The molecule has 0 saturated carbocycles. The average molecular weight is 164 g/mol. The van der Waals surface area contributed by atoms with Gasteiger partial charge in [-0.3, -0.25) is 4.98 Å². The minimum Gasteiger partial charge on any atom is -0.314 e. The summed E-state index contributed by atoms with van der Waals surface area (Å²) < 4.78 is 0. The fraction of sp³-hybridized carbons (Fsp3) is 0.500. The predicted molar refractivity (Wildman–Crippen MR) is 51.1 cm³/mol. The molecule has 0 spiro atoms. The van der Waals surface area contributed by atoms with Crippen molar-refractivity contribution in [2.75, 3.05) is 7.05 Å². The van der Waals surface area contributed by atoms with Crippen molar-refractivity contribution in [1.29, 1.82) is 0 Å². The SMILES string of the molecule is CNCc1ccc(C(C)C)cn1. The Morgan fingerprint density at radius 1 is 1.42 bits per heavy atom. The maximum absolute atomic E-state index is 4.33. The van der Waals surface area contributed by atoms with Crippen molar-refractivity contribution in [3.05, 3.63) is 29.6 Å². The third-order valence-corrected chi connectivity index (χ3v) is 1.87. The fourth-order valence-electron chi connectivity index (χ4n) is 1.06. The lowest BCUT2D eigenvalue weighted by atomic mass is 10.1. The average Bonchev–Trinajstić information content (AvgIpc) is 2.06. The Bertz CT molecular complexity index is 226. The van der Waals surface area contributed by atoms with Crippen molar-refractivity contribution in [2.24, 2.45) is 0 Å². The van der Waals surface area contributed by atoms with E-state index in [0.29, 0.717) is 5.92 Å². The topological polar surface area (TPSA) is 24.9 Å². The molecule has 0 aliphatic rings. The monoisotopic (exact) mass is 164 g/mol. The van der Waals surface area contributed by atoms with Gasteiger partial charge in [0.25, 0.3) is 0 Å². The Hall–Kier alpha value is -0.890. The van der Waals surface area contributed by atoms with E-state index in [2.05, 4.69) is 36.3 Å². The van der Waals surface area contributed by atoms with Crippen LogP contribution in [0.25, 0.3) is 0 Å². The molecule has 0 aliphatic heterocycles. The van der Waals surface area contributed by atoms with Gasteiger partial charge in [0.2, 0.25) is 0 Å². The van der Waals surface area contributed by atoms with Gasteiger partial charge in [-0.05, 0) is 24.6 Å². The fourth-order valence-corrected chi connectivity index (χ4v) is 1.06. The van der Waals surface area contributed by atoms with Crippen molar-refractivity contribution in [3.63, 3.8) is 0 Å². The smallest absolute Gasteiger partial charge is 0.0541 e. The molecule has 0 bridgehead atoms. The normalized spacial score (nSPS) is 10.7. The number of rotatable bonds is 3. The first-order chi connectivity index (χ1) is 5.74. The summed E-state index contributed by atoms with van der Waals surface area (Å²) in [7, 11) is 1.93. The maximum atomic E-state index is 4.33. The maximum Gasteiger partial charge on any atom is 0.0541 e. The lowest BCUT2D eigenvalue weighted by Gasteiger charge is -2.05. The Morgan fingerprint density at radius 3 is 2.58 bits per heavy atom. The van der Waals surface area contributed by atoms with Crippen LogP contribution in [0.2, 0.25) is 0 Å². The molecule has 1 aromatic rings. The number of nitrogens with zero attached hydrogens (tertiary/aromatic N) is 1. The molecular formula is C10H16N2. The molecule has 12 heavy (non-hydrogen) atoms. The van der Waals surface area contributed by atoms with Crippen molar-refractivity contribution < 1.29 is 0 Å². The molecule has 0 radical (unpaired) electrons. The number of nitrogens with one attached hydrogen (secondary N) is 1. The highest BCUT2D eigenvalue weighted by atomic mass is 14.8. The molecule has 66 valence electrons. The molecule has 0 amide bonds. The van der Waals surface area contributed by atoms with Gasteiger partial charge in [-0.1, -0.05) is 19.9 Å². The zero-order chi connectivity index (χ0) is 8.97. The van der Waals surface area contributed by atoms with Crippen molar-refractivity contribution in [2.45, 2.75) is 26.3 Å². The van der Waals surface area contributed by atoms with Crippen LogP contribution in [0.3, 0.4) is 0 Å². The minimum absolute atomic E-state index is 0.570. The van der Waals surface area contributed by atoms with Gasteiger partial charge in [-0.15, -0.1) is 0 Å². The molecule has 0 saturated heterocycles. The second-order valence-electron chi connectivity index (χ2n) is 3.27. The summed E-state index contributed by atoms with van der Waals surface area (Å²) in [6.45, 7) is 5.20. The van der Waals surface area contributed by atoms with Gasteiger partial charge >= 0.3 is 0 Å². The van der Waals surface area contributed by atoms with Crippen LogP contribution >= 0.6 is 0 Å². The highest BCUT2D eigenvalue weighted by Gasteiger charge is 1.98. The van der Waals surface area contributed by atoms with E-state index in [0.717, 1.165) is 12.2 Å². The molecule has 0 aromatic carbocycles. The molecule has 0 aliphatic carbocycles. The van der Waals surface area contributed by atoms with E-state index in [-0.39, 0.29) is 0 Å². The van der Waals surface area contributed by atoms with E-state index in [9.17, 15) is 0 Å². The van der Waals surface area contributed by atoms with Crippen LogP contribution in [-0.2, 0) is 6.54 Å². The molecule has 1 aromatic heterocycles. The van der Waals surface area contributed by atoms with Gasteiger partial charge in [0, 0.05) is 12.7 Å². The van der Waals surface area contributed by atoms with E-state index in [1.165, 1.54) is 5.56 Å². The summed E-state index contributed by atoms with van der Waals surface area (Å²) >= 11 is 0. The summed E-state index contributed by atoms with van der Waals surface area (Å²) in [6.07, 6.45) is 1.96. The van der Waals surface area contributed by atoms with Gasteiger partial charge in [0.15, 0.2) is 0 Å². The van der Waals surface area contributed by atoms with Crippen LogP contribution in [0, 0.1) is 0 Å². The van der Waals surface area contributed by atoms with E-state index in [1.807, 2.05) is 13.2 Å². The Kier molecular flexibility index (Phi) is 3.23. The van der Waals surface area contributed by atoms with E-state index in [4.69, 9.17) is 0 Å². The second kappa shape index (κ2) is 4.21. The van der Waals surface area contributed by atoms with Crippen molar-refractivity contribution in [3.8, 4) is 0 Å². The predicted octanol–water partition coefficient (Wildman–Crippen LogP) is 1.92. The lowest BCUT2D eigenvalue weighted by molar-refractivity contribution is 0.782. The molecule has 1 N–H and O–H groups in total. The second-order valence-corrected chi connectivity index (χ2v) is 3.27. The Morgan fingerprint density at radius 2 is 2.17 bits per heavy atom. The highest BCUT2D eigenvalue weighted by molar-refractivity contribution is 5.16. The van der Waals surface area contributed by atoms with Crippen LogP contribution in [0.15, 0.2) is 18.3 Å². The largest absolute Gasteiger partial charge is 0.314 e. The van der Waals surface area contributed by atoms with Crippen molar-refractivity contribution in [1.82, 2.24) is 10.3 Å². The standard InChI is InChI=1S/C10H16N2/c1-8(2)9-4-5-10(7-11-3)12-6-9/h4-6,8,11H,7H2,1-3H3. The first-order valence-electron chi connectivity index (χ1n) is 4.33. The summed E-state index contributed by atoms with van der Waals surface area (Å²) in [6, 6.07) is 4.22. The molecule has 0 fully saturated rings. The first kappa shape index (κ1) is 9.20. The van der Waals surface area contributed by atoms with Crippen LogP contribution in [0.1, 0.15) is 31.0 Å². The van der Waals surface area contributed by atoms with Gasteiger partial charge in [-0.25, -0.2) is 0 Å². The highest BCUT2D eigenvalue weighted by Crippen LogP contribution is 2.12. The molecule has 2 heteroatoms. The van der Waals surface area contributed by atoms with Crippen LogP contribution < -0.4 is 5.32 Å². The van der Waals surface area contributed by atoms with Crippen LogP contribution in [0.4, 0.5) is 0 Å². The molecule has 2 nitrogen and oxygen atoms in total. The number of hydrogen-bond donors (Lipinski definition) is 1. The minimum atomic E-state index is 0.570. The lowest BCUT2D eigenvalue weighted by Crippen LogP contribution is -2.06. The third-order valence-electron chi connectivity index (χ3n) is 1.87. The van der Waals surface area contributed by atoms with Gasteiger partial charge in [-0.2, -0.15) is 0 Å². The number of hydrogen-bond acceptors (Lipinski definition) is 2. The van der Waals surface area contributed by atoms with E-state index >= 15 is 0 Å². The molecule has 0 atom stereocenters. The Balaban J connectivity index is 2.71. The van der Waals surface area contributed by atoms with Gasteiger partial charge in [0.1, 0.15) is 0 Å². The third kappa shape index (κ3) is 2.31.